The second-order valence-electron chi connectivity index (χ2n) is 3.14. The molecule has 0 saturated carbocycles. The molecular formula is C9H8ClNO2S. The van der Waals surface area contributed by atoms with Gasteiger partial charge >= 0.3 is 0 Å². The van der Waals surface area contributed by atoms with Crippen LogP contribution >= 0.6 is 11.6 Å². The highest BCUT2D eigenvalue weighted by atomic mass is 35.5. The minimum atomic E-state index is -3.18. The van der Waals surface area contributed by atoms with Crippen molar-refractivity contribution in [1.82, 2.24) is 4.98 Å². The second-order valence-corrected chi connectivity index (χ2v) is 5.56. The molecule has 0 unspecified atom stereocenters. The third kappa shape index (κ3) is 1.63. The van der Waals surface area contributed by atoms with Crippen molar-refractivity contribution in [2.45, 2.75) is 5.03 Å². The highest BCUT2D eigenvalue weighted by molar-refractivity contribution is 7.90. The summed E-state index contributed by atoms with van der Waals surface area (Å²) in [5.41, 5.74) is 0.773. The molecular weight excluding hydrogens is 222 g/mol. The number of aromatic amines is 1. The minimum Gasteiger partial charge on any atom is -0.346 e. The highest BCUT2D eigenvalue weighted by Crippen LogP contribution is 2.21. The van der Waals surface area contributed by atoms with Crippen LogP contribution in [0.25, 0.3) is 10.9 Å². The molecule has 2 aromatic rings. The molecule has 5 heteroatoms. The molecule has 0 aliphatic carbocycles. The number of sulfone groups is 1. The lowest BCUT2D eigenvalue weighted by atomic mass is 10.2. The fourth-order valence-electron chi connectivity index (χ4n) is 1.28. The molecule has 0 amide bonds. The van der Waals surface area contributed by atoms with E-state index in [1.807, 2.05) is 0 Å². The number of rotatable bonds is 1. The first-order chi connectivity index (χ1) is 6.47. The van der Waals surface area contributed by atoms with Crippen molar-refractivity contribution in [3.05, 3.63) is 29.3 Å². The summed E-state index contributed by atoms with van der Waals surface area (Å²) in [4.78, 5) is 2.82. The van der Waals surface area contributed by atoms with E-state index < -0.39 is 9.84 Å². The summed E-state index contributed by atoms with van der Waals surface area (Å²) in [6, 6.07) is 6.78. The monoisotopic (exact) mass is 229 g/mol. The van der Waals surface area contributed by atoms with Gasteiger partial charge in [0.05, 0.1) is 0 Å². The van der Waals surface area contributed by atoms with Gasteiger partial charge in [0, 0.05) is 22.2 Å². The average Bonchev–Trinajstić information content (AvgIpc) is 2.45. The summed E-state index contributed by atoms with van der Waals surface area (Å²) >= 11 is 5.78. The van der Waals surface area contributed by atoms with Crippen molar-refractivity contribution in [2.24, 2.45) is 0 Å². The molecule has 0 aliphatic rings. The molecule has 0 atom stereocenters. The van der Waals surface area contributed by atoms with Crippen LogP contribution in [0.4, 0.5) is 0 Å². The number of fused-ring (bicyclic) bond motifs is 1. The Morgan fingerprint density at radius 2 is 2.00 bits per heavy atom. The van der Waals surface area contributed by atoms with Crippen LogP contribution in [0.1, 0.15) is 0 Å². The van der Waals surface area contributed by atoms with E-state index in [1.165, 1.54) is 6.26 Å². The number of halogens is 1. The van der Waals surface area contributed by atoms with E-state index in [0.717, 1.165) is 10.9 Å². The fourth-order valence-corrected chi connectivity index (χ4v) is 2.09. The van der Waals surface area contributed by atoms with Gasteiger partial charge in [0.1, 0.15) is 5.03 Å². The highest BCUT2D eigenvalue weighted by Gasteiger charge is 2.10. The van der Waals surface area contributed by atoms with Crippen molar-refractivity contribution in [3.63, 3.8) is 0 Å². The zero-order valence-electron chi connectivity index (χ0n) is 7.41. The summed E-state index contributed by atoms with van der Waals surface area (Å²) in [6.07, 6.45) is 1.17. The zero-order valence-corrected chi connectivity index (χ0v) is 8.98. The van der Waals surface area contributed by atoms with E-state index in [1.54, 1.807) is 24.3 Å². The molecule has 3 nitrogen and oxygen atoms in total. The number of aromatic nitrogens is 1. The SMILES string of the molecule is CS(=O)(=O)c1cc2cc(Cl)ccc2[nH]1. The number of nitrogens with one attached hydrogen (secondary N) is 1. The first kappa shape index (κ1) is 9.55. The maximum absolute atomic E-state index is 11.2. The Morgan fingerprint density at radius 1 is 1.29 bits per heavy atom. The summed E-state index contributed by atoms with van der Waals surface area (Å²) in [5.74, 6) is 0. The smallest absolute Gasteiger partial charge is 0.190 e. The van der Waals surface area contributed by atoms with Crippen LogP contribution in [0, 0.1) is 0 Å². The molecule has 0 bridgehead atoms. The lowest BCUT2D eigenvalue weighted by Crippen LogP contribution is -1.96. The molecule has 1 aromatic heterocycles. The van der Waals surface area contributed by atoms with Gasteiger partial charge in [0.15, 0.2) is 9.84 Å². The van der Waals surface area contributed by atoms with E-state index in [2.05, 4.69) is 4.98 Å². The number of hydrogen-bond acceptors (Lipinski definition) is 2. The van der Waals surface area contributed by atoms with Crippen LogP contribution in [0.5, 0.6) is 0 Å². The standard InChI is InChI=1S/C9H8ClNO2S/c1-14(12,13)9-5-6-4-7(10)2-3-8(6)11-9/h2-5,11H,1H3. The Hall–Kier alpha value is -1.00. The summed E-state index contributed by atoms with van der Waals surface area (Å²) in [7, 11) is -3.18. The van der Waals surface area contributed by atoms with Gasteiger partial charge in [-0.2, -0.15) is 0 Å². The number of H-pyrrole nitrogens is 1. The maximum atomic E-state index is 11.2. The average molecular weight is 230 g/mol. The van der Waals surface area contributed by atoms with Crippen molar-refractivity contribution in [1.29, 1.82) is 0 Å². The van der Waals surface area contributed by atoms with Crippen molar-refractivity contribution < 1.29 is 8.42 Å². The van der Waals surface area contributed by atoms with Gasteiger partial charge in [-0.05, 0) is 24.3 Å². The molecule has 0 aliphatic heterocycles. The molecule has 1 N–H and O–H groups in total. The number of benzene rings is 1. The lowest BCUT2D eigenvalue weighted by molar-refractivity contribution is 0.599. The van der Waals surface area contributed by atoms with Crippen LogP contribution in [0.15, 0.2) is 29.3 Å². The molecule has 0 spiro atoms. The maximum Gasteiger partial charge on any atom is 0.190 e. The van der Waals surface area contributed by atoms with Crippen molar-refractivity contribution in [3.8, 4) is 0 Å². The third-order valence-electron chi connectivity index (χ3n) is 1.96. The van der Waals surface area contributed by atoms with Gasteiger partial charge in [-0.1, -0.05) is 11.6 Å². The summed E-state index contributed by atoms with van der Waals surface area (Å²) < 4.78 is 22.4. The van der Waals surface area contributed by atoms with Crippen molar-refractivity contribution >= 4 is 32.3 Å². The third-order valence-corrected chi connectivity index (χ3v) is 3.21. The van der Waals surface area contributed by atoms with Gasteiger partial charge < -0.3 is 4.98 Å². The molecule has 1 aromatic carbocycles. The Labute approximate surface area is 86.6 Å². The minimum absolute atomic E-state index is 0.217. The summed E-state index contributed by atoms with van der Waals surface area (Å²) in [5, 5.41) is 1.62. The van der Waals surface area contributed by atoms with E-state index in [4.69, 9.17) is 11.6 Å². The topological polar surface area (TPSA) is 49.9 Å². The van der Waals surface area contributed by atoms with E-state index in [0.29, 0.717) is 5.02 Å². The Morgan fingerprint density at radius 3 is 2.64 bits per heavy atom. The van der Waals surface area contributed by atoms with E-state index >= 15 is 0 Å². The quantitative estimate of drug-likeness (QED) is 0.815. The van der Waals surface area contributed by atoms with E-state index in [9.17, 15) is 8.42 Å². The normalized spacial score (nSPS) is 12.1. The predicted octanol–water partition coefficient (Wildman–Crippen LogP) is 2.22. The second kappa shape index (κ2) is 3.00. The van der Waals surface area contributed by atoms with Crippen molar-refractivity contribution in [2.75, 3.05) is 6.26 Å². The molecule has 1 heterocycles. The Kier molecular flexibility index (Phi) is 2.05. The first-order valence-electron chi connectivity index (χ1n) is 3.95. The first-order valence-corrected chi connectivity index (χ1v) is 6.22. The van der Waals surface area contributed by atoms with Crippen LogP contribution in [-0.2, 0) is 9.84 Å². The van der Waals surface area contributed by atoms with Gasteiger partial charge in [-0.15, -0.1) is 0 Å². The Balaban J connectivity index is 2.75. The van der Waals surface area contributed by atoms with Gasteiger partial charge in [-0.3, -0.25) is 0 Å². The summed E-state index contributed by atoms with van der Waals surface area (Å²) in [6.45, 7) is 0. The molecule has 2 rings (SSSR count). The van der Waals surface area contributed by atoms with E-state index in [-0.39, 0.29) is 5.03 Å². The fraction of sp³-hybridized carbons (Fsp3) is 0.111. The molecule has 0 radical (unpaired) electrons. The molecule has 0 fully saturated rings. The van der Waals surface area contributed by atoms with Crippen LogP contribution in [-0.4, -0.2) is 19.7 Å². The molecule has 14 heavy (non-hydrogen) atoms. The largest absolute Gasteiger partial charge is 0.346 e. The molecule has 0 saturated heterocycles. The number of hydrogen-bond donors (Lipinski definition) is 1. The van der Waals surface area contributed by atoms with Gasteiger partial charge in [-0.25, -0.2) is 8.42 Å². The predicted molar refractivity (Wildman–Crippen MR) is 56.4 cm³/mol. The van der Waals surface area contributed by atoms with Crippen LogP contribution in [0.2, 0.25) is 5.02 Å². The molecule has 74 valence electrons. The zero-order chi connectivity index (χ0) is 10.3. The van der Waals surface area contributed by atoms with Crippen LogP contribution < -0.4 is 0 Å². The lowest BCUT2D eigenvalue weighted by Gasteiger charge is -1.89. The van der Waals surface area contributed by atoms with Gasteiger partial charge in [0.2, 0.25) is 0 Å². The Bertz CT molecular complexity index is 586. The van der Waals surface area contributed by atoms with Crippen LogP contribution in [0.3, 0.4) is 0 Å². The van der Waals surface area contributed by atoms with Gasteiger partial charge in [0.25, 0.3) is 0 Å².